The van der Waals surface area contributed by atoms with Crippen molar-refractivity contribution in [3.63, 3.8) is 0 Å². The Hall–Kier alpha value is -1.90. The number of likely N-dealkylation sites (tertiary alicyclic amines) is 2. The van der Waals surface area contributed by atoms with E-state index in [1.807, 2.05) is 4.90 Å². The van der Waals surface area contributed by atoms with Crippen LogP contribution in [0.1, 0.15) is 38.3 Å². The van der Waals surface area contributed by atoms with Crippen LogP contribution in [0.5, 0.6) is 0 Å². The molecule has 0 N–H and O–H groups in total. The van der Waals surface area contributed by atoms with Gasteiger partial charge in [0.05, 0.1) is 6.54 Å². The van der Waals surface area contributed by atoms with Crippen molar-refractivity contribution in [1.29, 1.82) is 0 Å². The molecule has 0 aliphatic carbocycles. The van der Waals surface area contributed by atoms with Crippen LogP contribution in [0.25, 0.3) is 0 Å². The zero-order valence-electron chi connectivity index (χ0n) is 16.1. The molecule has 3 heterocycles. The molecule has 2 aliphatic heterocycles. The maximum atomic E-state index is 12.8. The molecule has 9 heteroatoms. The first-order valence-electron chi connectivity index (χ1n) is 9.88. The normalized spacial score (nSPS) is 20.5. The predicted octanol–water partition coefficient (Wildman–Crippen LogP) is 2.23. The average molecular weight is 400 g/mol. The molecule has 0 bridgehead atoms. The third kappa shape index (κ3) is 5.33. The molecule has 2 saturated heterocycles. The molecule has 1 amide bonds. The molecule has 1 aromatic heterocycles. The highest BCUT2D eigenvalue weighted by molar-refractivity contribution is 5.78. The van der Waals surface area contributed by atoms with E-state index in [4.69, 9.17) is 0 Å². The number of nitrogens with zero attached hydrogens (tertiary/aromatic N) is 4. The number of hydrogen-bond donors (Lipinski definition) is 0. The fourth-order valence-electron chi connectivity index (χ4n) is 3.85. The Kier molecular flexibility index (Phi) is 6.42. The van der Waals surface area contributed by atoms with Crippen LogP contribution in [0.15, 0.2) is 16.9 Å². The number of carbonyl (C=O) groups excluding carboxylic acids is 1. The van der Waals surface area contributed by atoms with Crippen molar-refractivity contribution in [1.82, 2.24) is 19.6 Å². The standard InChI is InChI=1S/C19H27F3N4O2/c1-14-4-10-25(11-5-14)18(28)13-24-8-6-15(7-9-24)12-26-17(27)3-2-16(23-26)19(20,21)22/h2-3,14-15H,4-13H2,1H3. The predicted molar refractivity (Wildman–Crippen MR) is 97.6 cm³/mol. The number of alkyl halides is 3. The molecule has 0 atom stereocenters. The smallest absolute Gasteiger partial charge is 0.342 e. The zero-order chi connectivity index (χ0) is 20.3. The molecule has 2 fully saturated rings. The van der Waals surface area contributed by atoms with Gasteiger partial charge in [0.15, 0.2) is 5.69 Å². The van der Waals surface area contributed by atoms with Gasteiger partial charge in [0.1, 0.15) is 0 Å². The van der Waals surface area contributed by atoms with Crippen LogP contribution >= 0.6 is 0 Å². The van der Waals surface area contributed by atoms with Crippen LogP contribution in [-0.4, -0.2) is 58.2 Å². The van der Waals surface area contributed by atoms with Crippen LogP contribution in [-0.2, 0) is 17.5 Å². The summed E-state index contributed by atoms with van der Waals surface area (Å²) >= 11 is 0. The molecule has 0 radical (unpaired) electrons. The first-order valence-corrected chi connectivity index (χ1v) is 9.88. The summed E-state index contributed by atoms with van der Waals surface area (Å²) in [6.45, 7) is 5.82. The van der Waals surface area contributed by atoms with Gasteiger partial charge in [-0.1, -0.05) is 6.92 Å². The number of piperidine rings is 2. The summed E-state index contributed by atoms with van der Waals surface area (Å²) in [6.07, 6.45) is -1.01. The van der Waals surface area contributed by atoms with Gasteiger partial charge in [-0.25, -0.2) is 4.68 Å². The van der Waals surface area contributed by atoms with E-state index in [-0.39, 0.29) is 18.4 Å². The van der Waals surface area contributed by atoms with Gasteiger partial charge in [-0.3, -0.25) is 14.5 Å². The Balaban J connectivity index is 1.49. The number of carbonyl (C=O) groups is 1. The van der Waals surface area contributed by atoms with E-state index in [1.54, 1.807) is 0 Å². The SMILES string of the molecule is CC1CCN(C(=O)CN2CCC(Cn3nc(C(F)(F)F)ccc3=O)CC2)CC1. The molecule has 156 valence electrons. The quantitative estimate of drug-likeness (QED) is 0.778. The van der Waals surface area contributed by atoms with E-state index in [0.29, 0.717) is 31.6 Å². The van der Waals surface area contributed by atoms with Crippen LogP contribution in [0.3, 0.4) is 0 Å². The summed E-state index contributed by atoms with van der Waals surface area (Å²) < 4.78 is 39.3. The average Bonchev–Trinajstić information content (AvgIpc) is 2.64. The van der Waals surface area contributed by atoms with Crippen molar-refractivity contribution < 1.29 is 18.0 Å². The van der Waals surface area contributed by atoms with Crippen molar-refractivity contribution in [3.8, 4) is 0 Å². The second-order valence-corrected chi connectivity index (χ2v) is 8.02. The summed E-state index contributed by atoms with van der Waals surface area (Å²) in [5.41, 5.74) is -1.57. The maximum Gasteiger partial charge on any atom is 0.435 e. The molecule has 6 nitrogen and oxygen atoms in total. The highest BCUT2D eigenvalue weighted by Gasteiger charge is 2.33. The lowest BCUT2D eigenvalue weighted by molar-refractivity contribution is -0.142. The maximum absolute atomic E-state index is 12.8. The second kappa shape index (κ2) is 8.63. The molecule has 0 saturated carbocycles. The summed E-state index contributed by atoms with van der Waals surface area (Å²) in [4.78, 5) is 28.3. The van der Waals surface area contributed by atoms with Gasteiger partial charge in [0.25, 0.3) is 5.56 Å². The first-order chi connectivity index (χ1) is 13.2. The molecule has 3 rings (SSSR count). The molecule has 28 heavy (non-hydrogen) atoms. The lowest BCUT2D eigenvalue weighted by Gasteiger charge is -2.35. The van der Waals surface area contributed by atoms with Gasteiger partial charge in [-0.15, -0.1) is 0 Å². The minimum absolute atomic E-state index is 0.0795. The van der Waals surface area contributed by atoms with Crippen LogP contribution < -0.4 is 5.56 Å². The molecule has 0 unspecified atom stereocenters. The van der Waals surface area contributed by atoms with Gasteiger partial charge < -0.3 is 4.90 Å². The number of aromatic nitrogens is 2. The Morgan fingerprint density at radius 2 is 1.75 bits per heavy atom. The topological polar surface area (TPSA) is 58.4 Å². The van der Waals surface area contributed by atoms with Crippen LogP contribution in [0.4, 0.5) is 13.2 Å². The van der Waals surface area contributed by atoms with Gasteiger partial charge in [-0.05, 0) is 56.7 Å². The van der Waals surface area contributed by atoms with Gasteiger partial charge in [-0.2, -0.15) is 18.3 Å². The van der Waals surface area contributed by atoms with E-state index in [2.05, 4.69) is 16.9 Å². The first kappa shape index (κ1) is 20.8. The number of amides is 1. The van der Waals surface area contributed by atoms with Crippen molar-refractivity contribution in [2.45, 2.75) is 45.3 Å². The van der Waals surface area contributed by atoms with Crippen molar-refractivity contribution in [2.24, 2.45) is 11.8 Å². The Labute approximate surface area is 162 Å². The van der Waals surface area contributed by atoms with Crippen LogP contribution in [0.2, 0.25) is 0 Å². The van der Waals surface area contributed by atoms with Gasteiger partial charge in [0, 0.05) is 25.7 Å². The van der Waals surface area contributed by atoms with Crippen LogP contribution in [0, 0.1) is 11.8 Å². The lowest BCUT2D eigenvalue weighted by Crippen LogP contribution is -2.46. The second-order valence-electron chi connectivity index (χ2n) is 8.02. The van der Waals surface area contributed by atoms with E-state index >= 15 is 0 Å². The Morgan fingerprint density at radius 1 is 1.11 bits per heavy atom. The molecule has 0 aromatic carbocycles. The van der Waals surface area contributed by atoms with Crippen molar-refractivity contribution >= 4 is 5.91 Å². The zero-order valence-corrected chi connectivity index (χ0v) is 16.1. The number of hydrogen-bond acceptors (Lipinski definition) is 4. The van der Waals surface area contributed by atoms with Gasteiger partial charge >= 0.3 is 6.18 Å². The third-order valence-electron chi connectivity index (χ3n) is 5.79. The highest BCUT2D eigenvalue weighted by atomic mass is 19.4. The van der Waals surface area contributed by atoms with E-state index in [0.717, 1.165) is 49.5 Å². The largest absolute Gasteiger partial charge is 0.435 e. The number of rotatable bonds is 4. The van der Waals surface area contributed by atoms with E-state index < -0.39 is 17.4 Å². The monoisotopic (exact) mass is 400 g/mol. The lowest BCUT2D eigenvalue weighted by atomic mass is 9.96. The summed E-state index contributed by atoms with van der Waals surface area (Å²) in [6, 6.07) is 1.64. The summed E-state index contributed by atoms with van der Waals surface area (Å²) in [7, 11) is 0. The Bertz CT molecular complexity index is 733. The third-order valence-corrected chi connectivity index (χ3v) is 5.79. The molecular formula is C19H27F3N4O2. The Morgan fingerprint density at radius 3 is 2.36 bits per heavy atom. The molecule has 2 aliphatic rings. The minimum atomic E-state index is -4.56. The summed E-state index contributed by atoms with van der Waals surface area (Å²) in [5.74, 6) is 0.907. The van der Waals surface area contributed by atoms with E-state index in [9.17, 15) is 22.8 Å². The minimum Gasteiger partial charge on any atom is -0.342 e. The van der Waals surface area contributed by atoms with E-state index in [1.165, 1.54) is 0 Å². The molecule has 0 spiro atoms. The fourth-order valence-corrected chi connectivity index (χ4v) is 3.85. The van der Waals surface area contributed by atoms with Crippen molar-refractivity contribution in [2.75, 3.05) is 32.7 Å². The highest BCUT2D eigenvalue weighted by Crippen LogP contribution is 2.26. The van der Waals surface area contributed by atoms with Crippen molar-refractivity contribution in [3.05, 3.63) is 28.2 Å². The summed E-state index contributed by atoms with van der Waals surface area (Å²) in [5, 5.41) is 3.48. The number of halogens is 3. The fraction of sp³-hybridized carbons (Fsp3) is 0.737. The molecular weight excluding hydrogens is 373 g/mol. The van der Waals surface area contributed by atoms with Gasteiger partial charge in [0.2, 0.25) is 5.91 Å². The molecule has 1 aromatic rings.